The summed E-state index contributed by atoms with van der Waals surface area (Å²) in [6, 6.07) is 13.1. The lowest BCUT2D eigenvalue weighted by molar-refractivity contribution is -0.384. The van der Waals surface area contributed by atoms with Gasteiger partial charge in [0.15, 0.2) is 5.78 Å². The molecule has 7 nitrogen and oxygen atoms in total. The first kappa shape index (κ1) is 16.4. The number of benzene rings is 2. The number of hydrogen-bond donors (Lipinski definition) is 1. The first-order chi connectivity index (χ1) is 12.0. The smallest absolute Gasteiger partial charge is 0.270 e. The van der Waals surface area contributed by atoms with Gasteiger partial charge in [0, 0.05) is 30.3 Å². The van der Waals surface area contributed by atoms with Gasteiger partial charge < -0.3 is 9.73 Å². The van der Waals surface area contributed by atoms with Crippen LogP contribution in [0, 0.1) is 10.1 Å². The number of nitro groups is 1. The normalized spacial score (nSPS) is 11.5. The number of ketones is 1. The Morgan fingerprint density at radius 1 is 1.16 bits per heavy atom. The van der Waals surface area contributed by atoms with Gasteiger partial charge >= 0.3 is 0 Å². The molecule has 0 spiro atoms. The highest BCUT2D eigenvalue weighted by molar-refractivity contribution is 5.96. The van der Waals surface area contributed by atoms with Crippen LogP contribution in [0.2, 0.25) is 0 Å². The molecule has 0 aliphatic carbocycles. The molecule has 0 saturated carbocycles. The summed E-state index contributed by atoms with van der Waals surface area (Å²) in [5, 5.41) is 14.4. The molecule has 2 aromatic carbocycles. The van der Waals surface area contributed by atoms with Crippen molar-refractivity contribution in [1.29, 1.82) is 0 Å². The van der Waals surface area contributed by atoms with Crippen LogP contribution in [0.5, 0.6) is 0 Å². The first-order valence-electron chi connectivity index (χ1n) is 7.54. The van der Waals surface area contributed by atoms with Crippen LogP contribution >= 0.6 is 0 Å². The molecule has 126 valence electrons. The average Bonchev–Trinajstić information content (AvgIpc) is 2.61. The van der Waals surface area contributed by atoms with Crippen LogP contribution in [0.1, 0.15) is 17.3 Å². The highest BCUT2D eigenvalue weighted by Gasteiger charge is 2.12. The molecule has 0 aliphatic heterocycles. The second-order valence-corrected chi connectivity index (χ2v) is 5.41. The summed E-state index contributed by atoms with van der Waals surface area (Å²) in [5.41, 5.74) is 2.36. The van der Waals surface area contributed by atoms with E-state index in [4.69, 9.17) is 4.42 Å². The Hall–Kier alpha value is -3.48. The van der Waals surface area contributed by atoms with Gasteiger partial charge in [-0.1, -0.05) is 0 Å². The Morgan fingerprint density at radius 2 is 1.88 bits per heavy atom. The summed E-state index contributed by atoms with van der Waals surface area (Å²) in [6.07, 6.45) is 0. The number of non-ortho nitro benzene ring substituents is 1. The zero-order chi connectivity index (χ0) is 18.0. The summed E-state index contributed by atoms with van der Waals surface area (Å²) in [5.74, 6) is -0.234. The first-order valence-corrected chi connectivity index (χ1v) is 7.54. The van der Waals surface area contributed by atoms with E-state index in [1.165, 1.54) is 25.1 Å². The molecule has 7 heteroatoms. The van der Waals surface area contributed by atoms with Crippen molar-refractivity contribution in [3.8, 4) is 0 Å². The predicted molar refractivity (Wildman–Crippen MR) is 94.1 cm³/mol. The highest BCUT2D eigenvalue weighted by Crippen LogP contribution is 2.21. The third kappa shape index (κ3) is 3.40. The van der Waals surface area contributed by atoms with E-state index in [-0.39, 0.29) is 22.6 Å². The summed E-state index contributed by atoms with van der Waals surface area (Å²) >= 11 is 0. The maximum atomic E-state index is 12.0. The van der Waals surface area contributed by atoms with Gasteiger partial charge in [-0.2, -0.15) is 0 Å². The number of hydrogen-bond acceptors (Lipinski definition) is 6. The molecule has 1 N–H and O–H groups in total. The van der Waals surface area contributed by atoms with Crippen LogP contribution in [0.25, 0.3) is 11.0 Å². The highest BCUT2D eigenvalue weighted by atomic mass is 16.6. The summed E-state index contributed by atoms with van der Waals surface area (Å²) in [6.45, 7) is 1.40. The molecule has 0 bridgehead atoms. The van der Waals surface area contributed by atoms with E-state index in [9.17, 15) is 14.9 Å². The summed E-state index contributed by atoms with van der Waals surface area (Å²) < 4.78 is 5.72. The minimum atomic E-state index is -0.492. The molecule has 1 heterocycles. The van der Waals surface area contributed by atoms with Crippen LogP contribution in [-0.2, 0) is 0 Å². The average molecular weight is 337 g/mol. The van der Waals surface area contributed by atoms with Gasteiger partial charge in [0.2, 0.25) is 5.55 Å². The van der Waals surface area contributed by atoms with Crippen molar-refractivity contribution >= 4 is 33.8 Å². The Balaban J connectivity index is 2.20. The zero-order valence-electron chi connectivity index (χ0n) is 13.6. The van der Waals surface area contributed by atoms with E-state index < -0.39 is 4.92 Å². The van der Waals surface area contributed by atoms with Crippen LogP contribution in [0.3, 0.4) is 0 Å². The number of nitrogens with zero attached hydrogens (tertiary/aromatic N) is 2. The van der Waals surface area contributed by atoms with E-state index >= 15 is 0 Å². The van der Waals surface area contributed by atoms with Gasteiger partial charge in [-0.15, -0.1) is 0 Å². The largest absolute Gasteiger partial charge is 0.438 e. The molecule has 0 unspecified atom stereocenters. The molecule has 25 heavy (non-hydrogen) atoms. The lowest BCUT2D eigenvalue weighted by Gasteiger charge is -2.03. The van der Waals surface area contributed by atoms with E-state index in [0.29, 0.717) is 16.7 Å². The van der Waals surface area contributed by atoms with Crippen molar-refractivity contribution in [3.63, 3.8) is 0 Å². The third-order valence-corrected chi connectivity index (χ3v) is 3.71. The zero-order valence-corrected chi connectivity index (χ0v) is 13.6. The lowest BCUT2D eigenvalue weighted by Crippen LogP contribution is -2.13. The molecule has 0 atom stereocenters. The van der Waals surface area contributed by atoms with Gasteiger partial charge in [-0.3, -0.25) is 14.9 Å². The van der Waals surface area contributed by atoms with Gasteiger partial charge in [0.1, 0.15) is 5.58 Å². The van der Waals surface area contributed by atoms with Gasteiger partial charge in [-0.25, -0.2) is 4.99 Å². The molecule has 1 aromatic heterocycles. The fraction of sp³-hybridized carbons (Fsp3) is 0.111. The summed E-state index contributed by atoms with van der Waals surface area (Å²) in [4.78, 5) is 26.8. The summed E-state index contributed by atoms with van der Waals surface area (Å²) in [7, 11) is 1.82. The molecular formula is C18H15N3O4. The molecule has 3 aromatic rings. The number of rotatable bonds is 4. The van der Waals surface area contributed by atoms with Crippen molar-refractivity contribution < 1.29 is 14.1 Å². The fourth-order valence-electron chi connectivity index (χ4n) is 2.39. The Morgan fingerprint density at radius 3 is 2.48 bits per heavy atom. The Kier molecular flexibility index (Phi) is 4.30. The maximum absolute atomic E-state index is 12.0. The minimum absolute atomic E-state index is 0.0652. The number of carbonyl (C=O) groups excluding carboxylic acids is 1. The number of anilines is 1. The van der Waals surface area contributed by atoms with E-state index in [1.54, 1.807) is 18.2 Å². The third-order valence-electron chi connectivity index (χ3n) is 3.71. The van der Waals surface area contributed by atoms with Gasteiger partial charge in [-0.05, 0) is 43.3 Å². The van der Waals surface area contributed by atoms with Gasteiger partial charge in [0.05, 0.1) is 16.2 Å². The maximum Gasteiger partial charge on any atom is 0.270 e. The van der Waals surface area contributed by atoms with Crippen molar-refractivity contribution in [2.24, 2.45) is 4.99 Å². The van der Waals surface area contributed by atoms with Crippen molar-refractivity contribution in [2.75, 3.05) is 12.4 Å². The second kappa shape index (κ2) is 6.56. The van der Waals surface area contributed by atoms with Crippen molar-refractivity contribution in [3.05, 3.63) is 69.8 Å². The van der Waals surface area contributed by atoms with Crippen LogP contribution < -0.4 is 10.9 Å². The Labute approximate surface area is 142 Å². The molecule has 0 radical (unpaired) electrons. The second-order valence-electron chi connectivity index (χ2n) is 5.41. The monoisotopic (exact) mass is 337 g/mol. The van der Waals surface area contributed by atoms with Crippen LogP contribution in [-0.4, -0.2) is 17.8 Å². The van der Waals surface area contributed by atoms with Crippen molar-refractivity contribution in [1.82, 2.24) is 0 Å². The number of nitro benzene ring substituents is 1. The molecule has 0 amide bonds. The van der Waals surface area contributed by atoms with E-state index in [0.717, 1.165) is 5.69 Å². The topological polar surface area (TPSA) is 97.7 Å². The molecular weight excluding hydrogens is 322 g/mol. The number of fused-ring (bicyclic) bond motifs is 1. The van der Waals surface area contributed by atoms with E-state index in [1.807, 2.05) is 19.2 Å². The molecule has 0 aliphatic rings. The minimum Gasteiger partial charge on any atom is -0.438 e. The molecule has 0 saturated heterocycles. The quantitative estimate of drug-likeness (QED) is 0.443. The standard InChI is InChI=1S/C18H15N3O4/c1-11(22)16-10-12-9-15(21(23)24)7-8-17(12)25-18(16)20-14-5-3-13(19-2)4-6-14/h3-10,19H,1-2H3/b20-18-. The van der Waals surface area contributed by atoms with Crippen LogP contribution in [0.4, 0.5) is 17.1 Å². The number of Topliss-reactive ketones (excluding diaryl/α,β-unsaturated/α-hetero) is 1. The number of carbonyl (C=O) groups is 1. The fourth-order valence-corrected chi connectivity index (χ4v) is 2.39. The van der Waals surface area contributed by atoms with Gasteiger partial charge in [0.25, 0.3) is 5.69 Å². The van der Waals surface area contributed by atoms with Crippen molar-refractivity contribution in [2.45, 2.75) is 6.92 Å². The Bertz CT molecular complexity index is 1040. The molecule has 0 fully saturated rings. The SMILES string of the molecule is CNc1ccc(/N=c2\oc3ccc([N+](=O)[O-])cc3cc2C(C)=O)cc1. The predicted octanol–water partition coefficient (Wildman–Crippen LogP) is 3.82. The number of nitrogens with one attached hydrogen (secondary N) is 1. The van der Waals surface area contributed by atoms with E-state index in [2.05, 4.69) is 10.3 Å². The van der Waals surface area contributed by atoms with Crippen LogP contribution in [0.15, 0.2) is 57.9 Å². The lowest BCUT2D eigenvalue weighted by atomic mass is 10.1. The molecule has 3 rings (SSSR count).